The molecule has 0 aromatic heterocycles. The summed E-state index contributed by atoms with van der Waals surface area (Å²) in [5.74, 6) is 0.224. The van der Waals surface area contributed by atoms with Crippen molar-refractivity contribution in [2.75, 3.05) is 17.6 Å². The molecule has 1 aromatic carbocycles. The molecule has 0 fully saturated rings. The first-order valence-electron chi connectivity index (χ1n) is 5.17. The van der Waals surface area contributed by atoms with Crippen molar-refractivity contribution in [3.8, 4) is 0 Å². The van der Waals surface area contributed by atoms with Crippen LogP contribution in [0, 0.1) is 0 Å². The second kappa shape index (κ2) is 3.85. The van der Waals surface area contributed by atoms with Crippen LogP contribution >= 0.6 is 0 Å². The molecule has 3 nitrogen and oxygen atoms in total. The maximum absolute atomic E-state index is 11.7. The Morgan fingerprint density at radius 2 is 2.13 bits per heavy atom. The van der Waals surface area contributed by atoms with Crippen LogP contribution in [-0.4, -0.2) is 26.0 Å². The molecule has 1 N–H and O–H groups in total. The fourth-order valence-corrected chi connectivity index (χ4v) is 3.14. The third kappa shape index (κ3) is 2.00. The van der Waals surface area contributed by atoms with Gasteiger partial charge in [-0.25, -0.2) is 8.42 Å². The lowest BCUT2D eigenvalue weighted by Gasteiger charge is -2.25. The molecule has 1 aliphatic heterocycles. The number of nitrogens with one attached hydrogen (secondary N) is 1. The van der Waals surface area contributed by atoms with E-state index in [-0.39, 0.29) is 11.0 Å². The second-order valence-electron chi connectivity index (χ2n) is 3.82. The molecule has 0 aliphatic carbocycles. The lowest BCUT2D eigenvalue weighted by Crippen LogP contribution is -2.35. The molecule has 1 aromatic rings. The molecule has 82 valence electrons. The van der Waals surface area contributed by atoms with Gasteiger partial charge >= 0.3 is 0 Å². The first-order valence-corrected chi connectivity index (χ1v) is 6.88. The van der Waals surface area contributed by atoms with Crippen LogP contribution in [0.4, 0.5) is 5.69 Å². The third-order valence-electron chi connectivity index (χ3n) is 2.90. The third-order valence-corrected chi connectivity index (χ3v) is 5.05. The SMILES string of the molecule is CCS(=O)(=O)C1CNc2ccccc2C1. The van der Waals surface area contributed by atoms with E-state index in [2.05, 4.69) is 5.32 Å². The Morgan fingerprint density at radius 3 is 2.87 bits per heavy atom. The first-order chi connectivity index (χ1) is 7.13. The maximum atomic E-state index is 11.7. The molecule has 1 unspecified atom stereocenters. The summed E-state index contributed by atoms with van der Waals surface area (Å²) in [6.45, 7) is 2.24. The van der Waals surface area contributed by atoms with E-state index < -0.39 is 9.84 Å². The zero-order valence-corrected chi connectivity index (χ0v) is 9.55. The Bertz CT molecular complexity index is 453. The van der Waals surface area contributed by atoms with Gasteiger partial charge in [0.15, 0.2) is 9.84 Å². The zero-order valence-electron chi connectivity index (χ0n) is 8.73. The molecule has 0 bridgehead atoms. The van der Waals surface area contributed by atoms with E-state index in [0.717, 1.165) is 11.3 Å². The van der Waals surface area contributed by atoms with E-state index in [9.17, 15) is 8.42 Å². The number of hydrogen-bond acceptors (Lipinski definition) is 3. The molecule has 0 saturated carbocycles. The minimum atomic E-state index is -2.93. The number of hydrogen-bond donors (Lipinski definition) is 1. The number of sulfone groups is 1. The van der Waals surface area contributed by atoms with Crippen molar-refractivity contribution < 1.29 is 8.42 Å². The fraction of sp³-hybridized carbons (Fsp3) is 0.455. The molecular formula is C11H15NO2S. The van der Waals surface area contributed by atoms with E-state index >= 15 is 0 Å². The van der Waals surface area contributed by atoms with Gasteiger partial charge in [-0.05, 0) is 18.1 Å². The van der Waals surface area contributed by atoms with Gasteiger partial charge in [0.2, 0.25) is 0 Å². The summed E-state index contributed by atoms with van der Waals surface area (Å²) in [6, 6.07) is 7.88. The second-order valence-corrected chi connectivity index (χ2v) is 6.39. The van der Waals surface area contributed by atoms with Crippen LogP contribution in [-0.2, 0) is 16.3 Å². The number of benzene rings is 1. The Balaban J connectivity index is 2.27. The van der Waals surface area contributed by atoms with Gasteiger partial charge in [-0.2, -0.15) is 0 Å². The van der Waals surface area contributed by atoms with Crippen molar-refractivity contribution in [1.29, 1.82) is 0 Å². The van der Waals surface area contributed by atoms with Crippen molar-refractivity contribution in [3.63, 3.8) is 0 Å². The largest absolute Gasteiger partial charge is 0.384 e. The molecule has 0 amide bonds. The van der Waals surface area contributed by atoms with Crippen LogP contribution in [0.25, 0.3) is 0 Å². The average Bonchev–Trinajstić information content (AvgIpc) is 2.28. The number of fused-ring (bicyclic) bond motifs is 1. The Hall–Kier alpha value is -1.03. The van der Waals surface area contributed by atoms with Crippen molar-refractivity contribution >= 4 is 15.5 Å². The number of rotatable bonds is 2. The average molecular weight is 225 g/mol. The van der Waals surface area contributed by atoms with E-state index in [1.54, 1.807) is 6.92 Å². The van der Waals surface area contributed by atoms with Gasteiger partial charge in [0.1, 0.15) is 0 Å². The predicted molar refractivity (Wildman–Crippen MR) is 61.9 cm³/mol. The molecule has 1 heterocycles. The Kier molecular flexibility index (Phi) is 2.69. The lowest BCUT2D eigenvalue weighted by atomic mass is 10.0. The highest BCUT2D eigenvalue weighted by Gasteiger charge is 2.27. The fourth-order valence-electron chi connectivity index (χ4n) is 1.90. The normalized spacial score (nSPS) is 20.5. The molecular weight excluding hydrogens is 210 g/mol. The smallest absolute Gasteiger partial charge is 0.154 e. The Labute approximate surface area is 90.4 Å². The summed E-state index contributed by atoms with van der Waals surface area (Å²) in [4.78, 5) is 0. The highest BCUT2D eigenvalue weighted by Crippen LogP contribution is 2.24. The number of anilines is 1. The van der Waals surface area contributed by atoms with Crippen molar-refractivity contribution in [2.24, 2.45) is 0 Å². The van der Waals surface area contributed by atoms with Gasteiger partial charge in [0, 0.05) is 18.0 Å². The summed E-state index contributed by atoms with van der Waals surface area (Å²) in [5, 5.41) is 2.91. The Morgan fingerprint density at radius 1 is 1.40 bits per heavy atom. The first kappa shape index (κ1) is 10.5. The standard InChI is InChI=1S/C11H15NO2S/c1-2-15(13,14)10-7-9-5-3-4-6-11(9)12-8-10/h3-6,10,12H,2,7-8H2,1H3. The van der Waals surface area contributed by atoms with Crippen LogP contribution in [0.5, 0.6) is 0 Å². The summed E-state index contributed by atoms with van der Waals surface area (Å²) in [6.07, 6.45) is 0.638. The summed E-state index contributed by atoms with van der Waals surface area (Å²) in [7, 11) is -2.93. The zero-order chi connectivity index (χ0) is 10.9. The molecule has 15 heavy (non-hydrogen) atoms. The molecule has 1 aliphatic rings. The number of para-hydroxylation sites is 1. The highest BCUT2D eigenvalue weighted by molar-refractivity contribution is 7.92. The molecule has 0 spiro atoms. The quantitative estimate of drug-likeness (QED) is 0.828. The van der Waals surface area contributed by atoms with E-state index in [4.69, 9.17) is 0 Å². The summed E-state index contributed by atoms with van der Waals surface area (Å²) < 4.78 is 23.4. The summed E-state index contributed by atoms with van der Waals surface area (Å²) >= 11 is 0. The molecule has 4 heteroatoms. The van der Waals surface area contributed by atoms with Crippen LogP contribution in [0.3, 0.4) is 0 Å². The van der Waals surface area contributed by atoms with E-state index in [1.165, 1.54) is 0 Å². The molecule has 2 rings (SSSR count). The minimum absolute atomic E-state index is 0.224. The highest BCUT2D eigenvalue weighted by atomic mass is 32.2. The molecule has 0 radical (unpaired) electrons. The van der Waals surface area contributed by atoms with Gasteiger partial charge < -0.3 is 5.32 Å². The minimum Gasteiger partial charge on any atom is -0.384 e. The van der Waals surface area contributed by atoms with Crippen LogP contribution in [0.2, 0.25) is 0 Å². The molecule has 1 atom stereocenters. The maximum Gasteiger partial charge on any atom is 0.154 e. The van der Waals surface area contributed by atoms with Crippen LogP contribution in [0.15, 0.2) is 24.3 Å². The summed E-state index contributed by atoms with van der Waals surface area (Å²) in [5.41, 5.74) is 2.17. The lowest BCUT2D eigenvalue weighted by molar-refractivity contribution is 0.579. The topological polar surface area (TPSA) is 46.2 Å². The van der Waals surface area contributed by atoms with Gasteiger partial charge in [0.25, 0.3) is 0 Å². The van der Waals surface area contributed by atoms with Crippen LogP contribution in [0.1, 0.15) is 12.5 Å². The van der Waals surface area contributed by atoms with E-state index in [0.29, 0.717) is 13.0 Å². The van der Waals surface area contributed by atoms with Crippen molar-refractivity contribution in [1.82, 2.24) is 0 Å². The van der Waals surface area contributed by atoms with Gasteiger partial charge in [0.05, 0.1) is 5.25 Å². The van der Waals surface area contributed by atoms with Gasteiger partial charge in [-0.1, -0.05) is 25.1 Å². The van der Waals surface area contributed by atoms with Gasteiger partial charge in [-0.3, -0.25) is 0 Å². The monoisotopic (exact) mass is 225 g/mol. The van der Waals surface area contributed by atoms with Crippen molar-refractivity contribution in [2.45, 2.75) is 18.6 Å². The van der Waals surface area contributed by atoms with Gasteiger partial charge in [-0.15, -0.1) is 0 Å². The van der Waals surface area contributed by atoms with Crippen molar-refractivity contribution in [3.05, 3.63) is 29.8 Å². The van der Waals surface area contributed by atoms with E-state index in [1.807, 2.05) is 24.3 Å². The predicted octanol–water partition coefficient (Wildman–Crippen LogP) is 1.46. The van der Waals surface area contributed by atoms with Crippen LogP contribution < -0.4 is 5.32 Å². The molecule has 0 saturated heterocycles.